The van der Waals surface area contributed by atoms with Gasteiger partial charge in [-0.2, -0.15) is 0 Å². The van der Waals surface area contributed by atoms with Crippen LogP contribution in [0.3, 0.4) is 0 Å². The van der Waals surface area contributed by atoms with E-state index in [9.17, 15) is 14.4 Å². The highest BCUT2D eigenvalue weighted by atomic mass is 32.2. The minimum Gasteiger partial charge on any atom is -0.465 e. The van der Waals surface area contributed by atoms with Crippen molar-refractivity contribution in [3.63, 3.8) is 0 Å². The minimum absolute atomic E-state index is 0.300. The monoisotopic (exact) mass is 392 g/mol. The van der Waals surface area contributed by atoms with Crippen LogP contribution in [0.15, 0.2) is 66.7 Å². The van der Waals surface area contributed by atoms with Gasteiger partial charge in [0, 0.05) is 11.1 Å². The molecule has 4 rings (SSSR count). The third-order valence-corrected chi connectivity index (χ3v) is 5.41. The number of fused-ring (bicyclic) bond motifs is 1. The fourth-order valence-corrected chi connectivity index (χ4v) is 4.05. The van der Waals surface area contributed by atoms with Crippen molar-refractivity contribution in [2.45, 2.75) is 5.37 Å². The van der Waals surface area contributed by atoms with Crippen LogP contribution in [0.1, 0.15) is 10.4 Å². The Balaban J connectivity index is 1.66. The van der Waals surface area contributed by atoms with E-state index in [0.29, 0.717) is 16.9 Å². The number of para-hydroxylation sites is 1. The van der Waals surface area contributed by atoms with Crippen molar-refractivity contribution in [2.24, 2.45) is 0 Å². The van der Waals surface area contributed by atoms with Crippen molar-refractivity contribution in [3.05, 3.63) is 72.3 Å². The van der Waals surface area contributed by atoms with Crippen LogP contribution in [0.25, 0.3) is 10.8 Å². The Hall–Kier alpha value is -3.32. The van der Waals surface area contributed by atoms with E-state index in [1.165, 1.54) is 12.0 Å². The molecule has 1 unspecified atom stereocenters. The highest BCUT2D eigenvalue weighted by Gasteiger charge is 2.41. The largest absolute Gasteiger partial charge is 0.465 e. The molecule has 1 aliphatic rings. The van der Waals surface area contributed by atoms with Gasteiger partial charge in [0.2, 0.25) is 0 Å². The summed E-state index contributed by atoms with van der Waals surface area (Å²) < 4.78 is 4.78. The van der Waals surface area contributed by atoms with Crippen molar-refractivity contribution in [2.75, 3.05) is 17.3 Å². The fourth-order valence-electron chi connectivity index (χ4n) is 3.16. The van der Waals surface area contributed by atoms with E-state index in [4.69, 9.17) is 4.74 Å². The molecule has 28 heavy (non-hydrogen) atoms. The van der Waals surface area contributed by atoms with Crippen molar-refractivity contribution in [3.8, 4) is 0 Å². The second kappa shape index (κ2) is 7.36. The number of esters is 1. The first kappa shape index (κ1) is 18.1. The Bertz CT molecular complexity index is 1090. The molecule has 1 N–H and O–H groups in total. The molecule has 2 amide bonds. The predicted molar refractivity (Wildman–Crippen MR) is 110 cm³/mol. The first-order valence-corrected chi connectivity index (χ1v) is 9.44. The number of benzene rings is 3. The van der Waals surface area contributed by atoms with Gasteiger partial charge in [-0.15, -0.1) is 0 Å². The summed E-state index contributed by atoms with van der Waals surface area (Å²) in [5, 5.41) is 3.57. The van der Waals surface area contributed by atoms with Gasteiger partial charge in [0.05, 0.1) is 18.4 Å². The summed E-state index contributed by atoms with van der Waals surface area (Å²) in [7, 11) is 1.29. The van der Waals surface area contributed by atoms with Gasteiger partial charge in [-0.1, -0.05) is 48.5 Å². The van der Waals surface area contributed by atoms with Gasteiger partial charge in [0.1, 0.15) is 0 Å². The van der Waals surface area contributed by atoms with E-state index in [1.54, 1.807) is 30.3 Å². The SMILES string of the molecule is COC(=O)c1ccccc1NC1SC(=O)N(c2cccc3ccccc23)C1=O. The molecule has 140 valence electrons. The van der Waals surface area contributed by atoms with Crippen LogP contribution in [-0.4, -0.2) is 29.6 Å². The average molecular weight is 392 g/mol. The summed E-state index contributed by atoms with van der Waals surface area (Å²) in [6.07, 6.45) is 0. The Morgan fingerprint density at radius 2 is 1.71 bits per heavy atom. The average Bonchev–Trinajstić information content (AvgIpc) is 3.00. The molecule has 1 heterocycles. The van der Waals surface area contributed by atoms with E-state index < -0.39 is 11.3 Å². The summed E-state index contributed by atoms with van der Waals surface area (Å²) in [6, 6.07) is 19.8. The lowest BCUT2D eigenvalue weighted by molar-refractivity contribution is -0.116. The van der Waals surface area contributed by atoms with Gasteiger partial charge in [0.15, 0.2) is 5.37 Å². The molecule has 1 saturated heterocycles. The van der Waals surface area contributed by atoms with Crippen LogP contribution < -0.4 is 10.2 Å². The molecule has 0 aromatic heterocycles. The molecule has 3 aromatic carbocycles. The highest BCUT2D eigenvalue weighted by molar-refractivity contribution is 8.16. The summed E-state index contributed by atoms with van der Waals surface area (Å²) >= 11 is 0.882. The third-order valence-electron chi connectivity index (χ3n) is 4.47. The zero-order chi connectivity index (χ0) is 19.7. The molecule has 0 bridgehead atoms. The number of methoxy groups -OCH3 is 1. The van der Waals surface area contributed by atoms with Crippen molar-refractivity contribution in [1.29, 1.82) is 0 Å². The van der Waals surface area contributed by atoms with Gasteiger partial charge < -0.3 is 10.1 Å². The van der Waals surface area contributed by atoms with Crippen molar-refractivity contribution >= 4 is 51.0 Å². The number of ether oxygens (including phenoxy) is 1. The second-order valence-electron chi connectivity index (χ2n) is 6.12. The van der Waals surface area contributed by atoms with Gasteiger partial charge in [-0.05, 0) is 35.3 Å². The number of carbonyl (C=O) groups excluding carboxylic acids is 3. The van der Waals surface area contributed by atoms with Crippen LogP contribution in [0.4, 0.5) is 16.2 Å². The maximum atomic E-state index is 13.0. The number of rotatable bonds is 4. The van der Waals surface area contributed by atoms with Crippen LogP contribution in [0.5, 0.6) is 0 Å². The lowest BCUT2D eigenvalue weighted by Crippen LogP contribution is -2.34. The topological polar surface area (TPSA) is 75.7 Å². The standard InChI is InChI=1S/C21H16N2O4S/c1-27-20(25)15-10-4-5-11-16(15)22-18-19(24)23(21(26)28-18)17-12-6-8-13-7-2-3-9-14(13)17/h2-12,18,22H,1H3. The van der Waals surface area contributed by atoms with Gasteiger partial charge in [-0.3, -0.25) is 9.59 Å². The summed E-state index contributed by atoms with van der Waals surface area (Å²) in [5.41, 5.74) is 1.29. The lowest BCUT2D eigenvalue weighted by atomic mass is 10.1. The summed E-state index contributed by atoms with van der Waals surface area (Å²) in [6.45, 7) is 0. The number of thioether (sulfide) groups is 1. The smallest absolute Gasteiger partial charge is 0.339 e. The third kappa shape index (κ3) is 3.10. The molecule has 7 heteroatoms. The van der Waals surface area contributed by atoms with Crippen LogP contribution >= 0.6 is 11.8 Å². The van der Waals surface area contributed by atoms with E-state index in [0.717, 1.165) is 22.5 Å². The number of carbonyl (C=O) groups is 3. The number of anilines is 2. The van der Waals surface area contributed by atoms with E-state index in [1.807, 2.05) is 36.4 Å². The first-order chi connectivity index (χ1) is 13.6. The normalized spacial score (nSPS) is 16.5. The molecule has 1 aliphatic heterocycles. The Labute approximate surface area is 165 Å². The number of hydrogen-bond donors (Lipinski definition) is 1. The second-order valence-corrected chi connectivity index (χ2v) is 7.17. The minimum atomic E-state index is -0.836. The molecule has 6 nitrogen and oxygen atoms in total. The van der Waals surface area contributed by atoms with E-state index >= 15 is 0 Å². The number of amides is 2. The number of nitrogens with zero attached hydrogens (tertiary/aromatic N) is 1. The lowest BCUT2D eigenvalue weighted by Gasteiger charge is -2.17. The maximum absolute atomic E-state index is 13.0. The molecule has 1 atom stereocenters. The molecule has 3 aromatic rings. The molecular weight excluding hydrogens is 376 g/mol. The molecule has 0 saturated carbocycles. The molecule has 0 spiro atoms. The summed E-state index contributed by atoms with van der Waals surface area (Å²) in [4.78, 5) is 38.8. The van der Waals surface area contributed by atoms with Gasteiger partial charge >= 0.3 is 5.97 Å². The van der Waals surface area contributed by atoms with Gasteiger partial charge in [0.25, 0.3) is 11.1 Å². The maximum Gasteiger partial charge on any atom is 0.339 e. The molecule has 1 fully saturated rings. The summed E-state index contributed by atoms with van der Waals surface area (Å²) in [5.74, 6) is -0.901. The number of nitrogens with one attached hydrogen (secondary N) is 1. The zero-order valence-electron chi connectivity index (χ0n) is 14.9. The van der Waals surface area contributed by atoms with Crippen molar-refractivity contribution in [1.82, 2.24) is 0 Å². The first-order valence-electron chi connectivity index (χ1n) is 8.56. The van der Waals surface area contributed by atoms with Crippen LogP contribution in [0, 0.1) is 0 Å². The molecular formula is C21H16N2O4S. The molecule has 0 radical (unpaired) electrons. The van der Waals surface area contributed by atoms with Crippen molar-refractivity contribution < 1.29 is 19.1 Å². The van der Waals surface area contributed by atoms with Crippen LogP contribution in [-0.2, 0) is 9.53 Å². The number of hydrogen-bond acceptors (Lipinski definition) is 6. The number of imide groups is 1. The van der Waals surface area contributed by atoms with E-state index in [-0.39, 0.29) is 11.1 Å². The molecule has 0 aliphatic carbocycles. The Morgan fingerprint density at radius 1 is 1.00 bits per heavy atom. The van der Waals surface area contributed by atoms with E-state index in [2.05, 4.69) is 5.32 Å². The van der Waals surface area contributed by atoms with Crippen LogP contribution in [0.2, 0.25) is 0 Å². The Morgan fingerprint density at radius 3 is 2.54 bits per heavy atom. The quantitative estimate of drug-likeness (QED) is 0.669. The van der Waals surface area contributed by atoms with Gasteiger partial charge in [-0.25, -0.2) is 9.69 Å². The highest BCUT2D eigenvalue weighted by Crippen LogP contribution is 2.36. The Kier molecular flexibility index (Phi) is 4.75. The predicted octanol–water partition coefficient (Wildman–Crippen LogP) is 4.26. The zero-order valence-corrected chi connectivity index (χ0v) is 15.7. The fraction of sp³-hybridized carbons (Fsp3) is 0.0952.